The molecule has 1 N–H and O–H groups in total. The fourth-order valence-corrected chi connectivity index (χ4v) is 5.41. The van der Waals surface area contributed by atoms with Gasteiger partial charge in [0.05, 0.1) is 11.0 Å². The van der Waals surface area contributed by atoms with Crippen LogP contribution in [0.1, 0.15) is 57.4 Å². The quantitative estimate of drug-likeness (QED) is 0.682. The molecule has 0 radical (unpaired) electrons. The van der Waals surface area contributed by atoms with Crippen molar-refractivity contribution in [1.29, 1.82) is 0 Å². The van der Waals surface area contributed by atoms with Gasteiger partial charge in [-0.15, -0.1) is 0 Å². The Bertz CT molecular complexity index is 736. The number of nitrogens with one attached hydrogen (secondary N) is 1. The van der Waals surface area contributed by atoms with Crippen LogP contribution in [0.3, 0.4) is 0 Å². The Morgan fingerprint density at radius 2 is 1.93 bits per heavy atom. The average Bonchev–Trinajstić information content (AvgIpc) is 3.39. The van der Waals surface area contributed by atoms with Gasteiger partial charge < -0.3 is 10.1 Å². The number of amides is 1. The summed E-state index contributed by atoms with van der Waals surface area (Å²) in [6, 6.07) is 7.09. The molecule has 3 rings (SSSR count). The van der Waals surface area contributed by atoms with Crippen LogP contribution in [-0.2, 0) is 26.0 Å². The highest BCUT2D eigenvalue weighted by Gasteiger charge is 2.26. The first-order valence-electron chi connectivity index (χ1n) is 10.5. The summed E-state index contributed by atoms with van der Waals surface area (Å²) < 4.78 is 32.3. The predicted molar refractivity (Wildman–Crippen MR) is 109 cm³/mol. The summed E-state index contributed by atoms with van der Waals surface area (Å²) in [5.74, 6) is 0.0357. The Morgan fingerprint density at radius 3 is 2.57 bits per heavy atom. The van der Waals surface area contributed by atoms with Crippen molar-refractivity contribution in [2.24, 2.45) is 0 Å². The normalized spacial score (nSPS) is 21.7. The molecule has 0 aromatic heterocycles. The number of benzene rings is 1. The first kappa shape index (κ1) is 21.3. The van der Waals surface area contributed by atoms with Crippen LogP contribution in [0.4, 0.5) is 0 Å². The SMILES string of the molecule is CC(CCC1CCCO1)NC(=O)CCc1ccc(S(=O)(=O)N2CCCC2)cc1. The third-order valence-corrected chi connectivity index (χ3v) is 7.53. The van der Waals surface area contributed by atoms with Crippen LogP contribution in [0.2, 0.25) is 0 Å². The number of nitrogens with zero attached hydrogens (tertiary/aromatic N) is 1. The second-order valence-corrected chi connectivity index (χ2v) is 9.87. The second kappa shape index (κ2) is 9.85. The van der Waals surface area contributed by atoms with Crippen molar-refractivity contribution in [2.75, 3.05) is 19.7 Å². The Kier molecular flexibility index (Phi) is 7.48. The molecular formula is C21H32N2O4S. The number of hydrogen-bond acceptors (Lipinski definition) is 4. The van der Waals surface area contributed by atoms with E-state index in [0.717, 1.165) is 50.7 Å². The largest absolute Gasteiger partial charge is 0.378 e. The molecule has 0 saturated carbocycles. The zero-order chi connectivity index (χ0) is 20.0. The maximum absolute atomic E-state index is 12.5. The van der Waals surface area contributed by atoms with E-state index in [0.29, 0.717) is 36.9 Å². The summed E-state index contributed by atoms with van der Waals surface area (Å²) >= 11 is 0. The molecule has 1 amide bonds. The summed E-state index contributed by atoms with van der Waals surface area (Å²) in [7, 11) is -3.37. The Morgan fingerprint density at radius 1 is 1.21 bits per heavy atom. The molecule has 0 aliphatic carbocycles. The van der Waals surface area contributed by atoms with Gasteiger partial charge in [-0.25, -0.2) is 8.42 Å². The summed E-state index contributed by atoms with van der Waals surface area (Å²) in [4.78, 5) is 12.5. The number of hydrogen-bond donors (Lipinski definition) is 1. The van der Waals surface area contributed by atoms with E-state index in [9.17, 15) is 13.2 Å². The molecule has 2 aliphatic heterocycles. The van der Waals surface area contributed by atoms with E-state index >= 15 is 0 Å². The molecule has 2 aliphatic rings. The third kappa shape index (κ3) is 5.78. The standard InChI is InChI=1S/C21H32N2O4S/c1-17(6-10-19-5-4-16-27-19)22-21(24)13-9-18-7-11-20(12-8-18)28(25,26)23-14-2-3-15-23/h7-8,11-12,17,19H,2-6,9-10,13-16H2,1H3,(H,22,24). The van der Waals surface area contributed by atoms with E-state index in [4.69, 9.17) is 4.74 Å². The van der Waals surface area contributed by atoms with Gasteiger partial charge in [-0.3, -0.25) is 4.79 Å². The van der Waals surface area contributed by atoms with Crippen molar-refractivity contribution in [3.63, 3.8) is 0 Å². The van der Waals surface area contributed by atoms with E-state index in [1.165, 1.54) is 0 Å². The second-order valence-electron chi connectivity index (χ2n) is 7.94. The minimum atomic E-state index is -3.37. The fraction of sp³-hybridized carbons (Fsp3) is 0.667. The van der Waals surface area contributed by atoms with Gasteiger partial charge in [-0.1, -0.05) is 12.1 Å². The van der Waals surface area contributed by atoms with Gasteiger partial charge in [0.1, 0.15) is 0 Å². The van der Waals surface area contributed by atoms with Gasteiger partial charge in [0.25, 0.3) is 0 Å². The molecule has 2 fully saturated rings. The molecule has 1 aromatic rings. The van der Waals surface area contributed by atoms with E-state index in [-0.39, 0.29) is 11.9 Å². The number of carbonyl (C=O) groups is 1. The summed E-state index contributed by atoms with van der Waals surface area (Å²) in [6.07, 6.45) is 7.42. The highest BCUT2D eigenvalue weighted by atomic mass is 32.2. The van der Waals surface area contributed by atoms with Gasteiger partial charge in [0.15, 0.2) is 0 Å². The van der Waals surface area contributed by atoms with Crippen molar-refractivity contribution >= 4 is 15.9 Å². The van der Waals surface area contributed by atoms with Crippen molar-refractivity contribution in [3.05, 3.63) is 29.8 Å². The van der Waals surface area contributed by atoms with Crippen molar-refractivity contribution < 1.29 is 17.9 Å². The van der Waals surface area contributed by atoms with Crippen molar-refractivity contribution in [2.45, 2.75) is 75.3 Å². The average molecular weight is 409 g/mol. The number of ether oxygens (including phenoxy) is 1. The van der Waals surface area contributed by atoms with Crippen LogP contribution in [0.15, 0.2) is 29.2 Å². The van der Waals surface area contributed by atoms with Crippen LogP contribution in [0.5, 0.6) is 0 Å². The Labute approximate surface area is 168 Å². The first-order chi connectivity index (χ1) is 13.4. The van der Waals surface area contributed by atoms with Crippen LogP contribution < -0.4 is 5.32 Å². The molecule has 156 valence electrons. The fourth-order valence-electron chi connectivity index (χ4n) is 3.89. The molecule has 2 atom stereocenters. The van der Waals surface area contributed by atoms with Gasteiger partial charge in [0, 0.05) is 32.2 Å². The summed E-state index contributed by atoms with van der Waals surface area (Å²) in [5, 5.41) is 3.05. The number of aryl methyl sites for hydroxylation is 1. The molecule has 7 heteroatoms. The Hall–Kier alpha value is -1.44. The molecule has 0 bridgehead atoms. The highest BCUT2D eigenvalue weighted by Crippen LogP contribution is 2.21. The van der Waals surface area contributed by atoms with Gasteiger partial charge >= 0.3 is 0 Å². The smallest absolute Gasteiger partial charge is 0.243 e. The molecule has 6 nitrogen and oxygen atoms in total. The van der Waals surface area contributed by atoms with E-state index in [1.807, 2.05) is 19.1 Å². The summed E-state index contributed by atoms with van der Waals surface area (Å²) in [6.45, 7) is 4.11. The Balaban J connectivity index is 1.42. The maximum Gasteiger partial charge on any atom is 0.243 e. The van der Waals surface area contributed by atoms with E-state index in [1.54, 1.807) is 16.4 Å². The third-order valence-electron chi connectivity index (χ3n) is 5.62. The maximum atomic E-state index is 12.5. The lowest BCUT2D eigenvalue weighted by molar-refractivity contribution is -0.121. The molecule has 2 unspecified atom stereocenters. The summed E-state index contributed by atoms with van der Waals surface area (Å²) in [5.41, 5.74) is 0.975. The van der Waals surface area contributed by atoms with Crippen LogP contribution in [-0.4, -0.2) is 50.5 Å². The lowest BCUT2D eigenvalue weighted by Gasteiger charge is -2.16. The van der Waals surface area contributed by atoms with E-state index in [2.05, 4.69) is 5.32 Å². The zero-order valence-electron chi connectivity index (χ0n) is 16.7. The zero-order valence-corrected chi connectivity index (χ0v) is 17.5. The monoisotopic (exact) mass is 408 g/mol. The van der Waals surface area contributed by atoms with Crippen molar-refractivity contribution in [1.82, 2.24) is 9.62 Å². The number of sulfonamides is 1. The van der Waals surface area contributed by atoms with Gasteiger partial charge in [-0.05, 0) is 69.6 Å². The highest BCUT2D eigenvalue weighted by molar-refractivity contribution is 7.89. The first-order valence-corrected chi connectivity index (χ1v) is 11.9. The number of carbonyl (C=O) groups excluding carboxylic acids is 1. The van der Waals surface area contributed by atoms with Crippen molar-refractivity contribution in [3.8, 4) is 0 Å². The van der Waals surface area contributed by atoms with Gasteiger partial charge in [0.2, 0.25) is 15.9 Å². The van der Waals surface area contributed by atoms with Gasteiger partial charge in [-0.2, -0.15) is 4.31 Å². The molecule has 28 heavy (non-hydrogen) atoms. The van der Waals surface area contributed by atoms with Crippen LogP contribution in [0, 0.1) is 0 Å². The lowest BCUT2D eigenvalue weighted by atomic mass is 10.1. The topological polar surface area (TPSA) is 75.7 Å². The molecule has 1 aromatic carbocycles. The minimum absolute atomic E-state index is 0.0357. The molecule has 2 saturated heterocycles. The molecule has 0 spiro atoms. The number of rotatable bonds is 9. The molecule has 2 heterocycles. The molecular weight excluding hydrogens is 376 g/mol. The van der Waals surface area contributed by atoms with Crippen LogP contribution in [0.25, 0.3) is 0 Å². The van der Waals surface area contributed by atoms with E-state index < -0.39 is 10.0 Å². The minimum Gasteiger partial charge on any atom is -0.378 e. The van der Waals surface area contributed by atoms with Crippen LogP contribution >= 0.6 is 0 Å². The lowest BCUT2D eigenvalue weighted by Crippen LogP contribution is -2.33. The predicted octanol–water partition coefficient (Wildman–Crippen LogP) is 2.87.